The van der Waals surface area contributed by atoms with E-state index < -0.39 is 29.1 Å². The monoisotopic (exact) mass is 418 g/mol. The molecule has 0 saturated carbocycles. The normalized spacial score (nSPS) is 15.6. The molecule has 0 aliphatic carbocycles. The molecule has 1 heterocycles. The highest BCUT2D eigenvalue weighted by Gasteiger charge is 2.36. The van der Waals surface area contributed by atoms with E-state index in [1.54, 1.807) is 0 Å². The van der Waals surface area contributed by atoms with Crippen LogP contribution in [-0.2, 0) is 14.3 Å². The largest absolute Gasteiger partial charge is 0.478 e. The number of benzene rings is 2. The Hall–Kier alpha value is -3.92. The van der Waals surface area contributed by atoms with E-state index >= 15 is 0 Å². The van der Waals surface area contributed by atoms with Crippen molar-refractivity contribution in [2.45, 2.75) is 6.29 Å². The molecule has 0 spiro atoms. The molecule has 0 saturated heterocycles. The Bertz CT molecular complexity index is 1030. The van der Waals surface area contributed by atoms with Gasteiger partial charge in [0.1, 0.15) is 5.70 Å². The van der Waals surface area contributed by atoms with Gasteiger partial charge in [0.2, 0.25) is 0 Å². The second-order valence-corrected chi connectivity index (χ2v) is 6.06. The van der Waals surface area contributed by atoms with Crippen LogP contribution in [0.2, 0.25) is 0 Å². The Morgan fingerprint density at radius 3 is 2.24 bits per heavy atom. The van der Waals surface area contributed by atoms with Crippen LogP contribution in [-0.4, -0.2) is 34.2 Å². The number of cyclic esters (lactones) is 1. The zero-order chi connectivity index (χ0) is 21.1. The predicted molar refractivity (Wildman–Crippen MR) is 98.3 cm³/mol. The second-order valence-electron chi connectivity index (χ2n) is 5.68. The van der Waals surface area contributed by atoms with Crippen molar-refractivity contribution in [3.05, 3.63) is 80.5 Å². The van der Waals surface area contributed by atoms with Crippen LogP contribution >= 0.6 is 11.6 Å². The third-order valence-electron chi connectivity index (χ3n) is 3.80. The van der Waals surface area contributed by atoms with Crippen LogP contribution in [0.25, 0.3) is 0 Å². The zero-order valence-electron chi connectivity index (χ0n) is 14.3. The fourth-order valence-corrected chi connectivity index (χ4v) is 2.54. The average molecular weight is 419 g/mol. The smallest absolute Gasteiger partial charge is 0.355 e. The number of esters is 2. The third kappa shape index (κ3) is 4.33. The molecule has 10 nitrogen and oxygen atoms in total. The number of non-ortho nitro benzene ring substituents is 1. The highest BCUT2D eigenvalue weighted by atomic mass is 35.5. The standard InChI is InChI=1S/C18H11ClN2O8/c19-13-14(20-11-5-1-9(2-6-11)15(22)23)18(29-17(13)25)28-16(24)10-3-7-12(8-4-10)21(26)27/h1-8,18,20H,(H,22,23). The summed E-state index contributed by atoms with van der Waals surface area (Å²) in [5.74, 6) is -2.93. The molecule has 0 radical (unpaired) electrons. The van der Waals surface area contributed by atoms with Crippen LogP contribution in [0, 0.1) is 10.1 Å². The van der Waals surface area contributed by atoms with E-state index in [0.717, 1.165) is 12.1 Å². The molecule has 1 atom stereocenters. The molecular weight excluding hydrogens is 408 g/mol. The van der Waals surface area contributed by atoms with Crippen LogP contribution in [0.15, 0.2) is 59.3 Å². The number of anilines is 1. The Morgan fingerprint density at radius 1 is 1.10 bits per heavy atom. The summed E-state index contributed by atoms with van der Waals surface area (Å²) < 4.78 is 10.1. The lowest BCUT2D eigenvalue weighted by atomic mass is 10.2. The quantitative estimate of drug-likeness (QED) is 0.410. The molecule has 1 unspecified atom stereocenters. The van der Waals surface area contributed by atoms with Gasteiger partial charge in [0.15, 0.2) is 5.03 Å². The molecule has 29 heavy (non-hydrogen) atoms. The van der Waals surface area contributed by atoms with Gasteiger partial charge in [0.05, 0.1) is 16.1 Å². The van der Waals surface area contributed by atoms with Gasteiger partial charge < -0.3 is 19.9 Å². The number of nitrogens with one attached hydrogen (secondary N) is 1. The maximum atomic E-state index is 12.3. The van der Waals surface area contributed by atoms with E-state index in [9.17, 15) is 24.5 Å². The molecule has 0 aromatic heterocycles. The van der Waals surface area contributed by atoms with Gasteiger partial charge in [-0.1, -0.05) is 11.6 Å². The van der Waals surface area contributed by atoms with Crippen molar-refractivity contribution in [2.24, 2.45) is 0 Å². The molecule has 2 aromatic rings. The molecule has 3 rings (SSSR count). The van der Waals surface area contributed by atoms with E-state index in [2.05, 4.69) is 5.32 Å². The maximum Gasteiger partial charge on any atom is 0.355 e. The molecule has 1 aliphatic rings. The van der Waals surface area contributed by atoms with Gasteiger partial charge in [-0.3, -0.25) is 10.1 Å². The summed E-state index contributed by atoms with van der Waals surface area (Å²) in [4.78, 5) is 45.0. The van der Waals surface area contributed by atoms with Gasteiger partial charge in [-0.05, 0) is 36.4 Å². The van der Waals surface area contributed by atoms with Crippen LogP contribution in [0.3, 0.4) is 0 Å². The number of carbonyl (C=O) groups excluding carboxylic acids is 2. The first-order valence-electron chi connectivity index (χ1n) is 7.92. The average Bonchev–Trinajstić information content (AvgIpc) is 2.95. The second kappa shape index (κ2) is 7.98. The Kier molecular flexibility index (Phi) is 5.46. The lowest BCUT2D eigenvalue weighted by Gasteiger charge is -2.16. The molecule has 2 N–H and O–H groups in total. The Labute approximate surface area is 167 Å². The summed E-state index contributed by atoms with van der Waals surface area (Å²) >= 11 is 5.92. The third-order valence-corrected chi connectivity index (χ3v) is 4.16. The number of nitrogens with zero attached hydrogens (tertiary/aromatic N) is 1. The number of hydrogen-bond acceptors (Lipinski definition) is 8. The highest BCUT2D eigenvalue weighted by molar-refractivity contribution is 6.42. The lowest BCUT2D eigenvalue weighted by molar-refractivity contribution is -0.384. The van der Waals surface area contributed by atoms with E-state index in [-0.39, 0.29) is 27.5 Å². The summed E-state index contributed by atoms with van der Waals surface area (Å²) in [5.41, 5.74) is 0.173. The summed E-state index contributed by atoms with van der Waals surface area (Å²) in [5, 5.41) is 22.0. The maximum absolute atomic E-state index is 12.3. The van der Waals surface area contributed by atoms with Crippen molar-refractivity contribution in [3.8, 4) is 0 Å². The molecule has 148 valence electrons. The zero-order valence-corrected chi connectivity index (χ0v) is 15.1. The van der Waals surface area contributed by atoms with Crippen molar-refractivity contribution in [3.63, 3.8) is 0 Å². The van der Waals surface area contributed by atoms with Gasteiger partial charge in [-0.2, -0.15) is 0 Å². The molecule has 0 fully saturated rings. The van der Waals surface area contributed by atoms with Crippen LogP contribution in [0.4, 0.5) is 11.4 Å². The van der Waals surface area contributed by atoms with Crippen molar-refractivity contribution >= 4 is 40.9 Å². The number of carbonyl (C=O) groups is 3. The number of carboxylic acid groups (broad SMARTS) is 1. The van der Waals surface area contributed by atoms with Crippen molar-refractivity contribution in [1.82, 2.24) is 0 Å². The van der Waals surface area contributed by atoms with Crippen molar-refractivity contribution < 1.29 is 33.9 Å². The number of nitro groups is 1. The van der Waals surface area contributed by atoms with Gasteiger partial charge in [-0.25, -0.2) is 14.4 Å². The first kappa shape index (κ1) is 19.8. The molecule has 1 aliphatic heterocycles. The minimum atomic E-state index is -1.48. The Morgan fingerprint density at radius 2 is 1.69 bits per heavy atom. The van der Waals surface area contributed by atoms with E-state index in [4.69, 9.17) is 26.2 Å². The minimum absolute atomic E-state index is 0.000155. The molecule has 11 heteroatoms. The summed E-state index contributed by atoms with van der Waals surface area (Å²) in [6.45, 7) is 0. The fourth-order valence-electron chi connectivity index (χ4n) is 2.35. The van der Waals surface area contributed by atoms with E-state index in [1.165, 1.54) is 36.4 Å². The SMILES string of the molecule is O=C1OC(OC(=O)c2ccc([N+](=O)[O-])cc2)C(Nc2ccc(C(=O)O)cc2)=C1Cl. The summed E-state index contributed by atoms with van der Waals surface area (Å²) in [6, 6.07) is 10.2. The number of hydrogen-bond donors (Lipinski definition) is 2. The molecular formula is C18H11ClN2O8. The molecule has 0 bridgehead atoms. The van der Waals surface area contributed by atoms with Gasteiger partial charge in [0, 0.05) is 17.8 Å². The predicted octanol–water partition coefficient (Wildman–Crippen LogP) is 2.90. The number of rotatable bonds is 6. The molecule has 0 amide bonds. The van der Waals surface area contributed by atoms with Gasteiger partial charge in [-0.15, -0.1) is 0 Å². The minimum Gasteiger partial charge on any atom is -0.478 e. The number of nitro benzene ring substituents is 1. The summed E-state index contributed by atoms with van der Waals surface area (Å²) in [7, 11) is 0. The van der Waals surface area contributed by atoms with Gasteiger partial charge >= 0.3 is 17.9 Å². The first-order valence-corrected chi connectivity index (χ1v) is 8.30. The van der Waals surface area contributed by atoms with Crippen molar-refractivity contribution in [2.75, 3.05) is 5.32 Å². The van der Waals surface area contributed by atoms with Crippen molar-refractivity contribution in [1.29, 1.82) is 0 Å². The van der Waals surface area contributed by atoms with E-state index in [1.807, 2.05) is 0 Å². The topological polar surface area (TPSA) is 145 Å². The Balaban J connectivity index is 1.76. The lowest BCUT2D eigenvalue weighted by Crippen LogP contribution is -2.24. The number of aromatic carboxylic acids is 1. The van der Waals surface area contributed by atoms with Gasteiger partial charge in [0.25, 0.3) is 12.0 Å². The van der Waals surface area contributed by atoms with Crippen LogP contribution < -0.4 is 5.32 Å². The van der Waals surface area contributed by atoms with E-state index in [0.29, 0.717) is 5.69 Å². The van der Waals surface area contributed by atoms with Crippen LogP contribution in [0.5, 0.6) is 0 Å². The number of ether oxygens (including phenoxy) is 2. The number of halogens is 1. The molecule has 2 aromatic carbocycles. The fraction of sp³-hybridized carbons (Fsp3) is 0.0556. The number of carboxylic acids is 1. The first-order chi connectivity index (χ1) is 13.8. The highest BCUT2D eigenvalue weighted by Crippen LogP contribution is 2.29. The van der Waals surface area contributed by atoms with Crippen LogP contribution in [0.1, 0.15) is 20.7 Å². The summed E-state index contributed by atoms with van der Waals surface area (Å²) in [6.07, 6.45) is -1.48.